The smallest absolute Gasteiger partial charge is 0.326 e. The average molecular weight is 413 g/mol. The molecule has 0 aliphatic carbocycles. The number of aromatic nitrogens is 4. The van der Waals surface area contributed by atoms with Crippen molar-refractivity contribution in [2.75, 3.05) is 11.1 Å². The standard InChI is InChI=1S/C16H11F4N5O2S/c17-11-2-1-7(3-10(11)16(18,19)20)22-12(26)4-8-6-28-15-23-13-9(5-21-24-13)14(27)25(8)15/h1-3,5,8H,4,6H2,(H,21,24)(H,22,26). The number of H-pyrrole nitrogens is 1. The highest BCUT2D eigenvalue weighted by Gasteiger charge is 2.34. The number of aromatic amines is 1. The topological polar surface area (TPSA) is 92.7 Å². The second-order valence-corrected chi connectivity index (χ2v) is 7.10. The van der Waals surface area contributed by atoms with Gasteiger partial charge in [-0.05, 0) is 18.2 Å². The number of hydrogen-bond acceptors (Lipinski definition) is 5. The molecule has 1 aromatic carbocycles. The molecule has 1 amide bonds. The summed E-state index contributed by atoms with van der Waals surface area (Å²) in [5.41, 5.74) is -1.65. The molecule has 0 fully saturated rings. The van der Waals surface area contributed by atoms with Gasteiger partial charge in [-0.25, -0.2) is 9.37 Å². The van der Waals surface area contributed by atoms with Crippen LogP contribution in [0, 0.1) is 5.82 Å². The Bertz CT molecular complexity index is 1140. The minimum Gasteiger partial charge on any atom is -0.326 e. The van der Waals surface area contributed by atoms with Gasteiger partial charge in [0.1, 0.15) is 11.2 Å². The number of rotatable bonds is 3. The van der Waals surface area contributed by atoms with E-state index in [2.05, 4.69) is 20.5 Å². The Morgan fingerprint density at radius 1 is 1.39 bits per heavy atom. The van der Waals surface area contributed by atoms with Gasteiger partial charge in [0, 0.05) is 17.9 Å². The SMILES string of the molecule is O=C(CC1CSc2nc3[nH]ncc3c(=O)n21)Nc1ccc(F)c(C(F)(F)F)c1. The molecule has 2 N–H and O–H groups in total. The van der Waals surface area contributed by atoms with Gasteiger partial charge in [-0.3, -0.25) is 19.3 Å². The molecule has 1 aliphatic rings. The minimum atomic E-state index is -4.87. The molecule has 1 unspecified atom stereocenters. The van der Waals surface area contributed by atoms with Gasteiger partial charge in [0.15, 0.2) is 10.8 Å². The van der Waals surface area contributed by atoms with Crippen LogP contribution in [0.15, 0.2) is 34.3 Å². The van der Waals surface area contributed by atoms with Crippen LogP contribution in [0.5, 0.6) is 0 Å². The lowest BCUT2D eigenvalue weighted by atomic mass is 10.1. The highest BCUT2D eigenvalue weighted by molar-refractivity contribution is 7.99. The molecule has 7 nitrogen and oxygen atoms in total. The van der Waals surface area contributed by atoms with Crippen molar-refractivity contribution in [2.24, 2.45) is 0 Å². The summed E-state index contributed by atoms with van der Waals surface area (Å²) >= 11 is 1.29. The van der Waals surface area contributed by atoms with Crippen LogP contribution in [0.3, 0.4) is 0 Å². The summed E-state index contributed by atoms with van der Waals surface area (Å²) in [6, 6.07) is 1.71. The zero-order valence-electron chi connectivity index (χ0n) is 13.9. The Kier molecular flexibility index (Phi) is 4.37. The van der Waals surface area contributed by atoms with Crippen LogP contribution < -0.4 is 10.9 Å². The number of thioether (sulfide) groups is 1. The number of carbonyl (C=O) groups is 1. The molecule has 146 valence electrons. The Morgan fingerprint density at radius 3 is 2.93 bits per heavy atom. The predicted molar refractivity (Wildman–Crippen MR) is 92.6 cm³/mol. The van der Waals surface area contributed by atoms with Crippen LogP contribution in [0.4, 0.5) is 23.2 Å². The van der Waals surface area contributed by atoms with E-state index in [9.17, 15) is 27.2 Å². The third-order valence-electron chi connectivity index (χ3n) is 4.23. The Morgan fingerprint density at radius 2 is 2.18 bits per heavy atom. The second-order valence-electron chi connectivity index (χ2n) is 6.11. The molecular weight excluding hydrogens is 402 g/mol. The number of halogens is 4. The first-order valence-electron chi connectivity index (χ1n) is 7.99. The van der Waals surface area contributed by atoms with E-state index in [4.69, 9.17) is 0 Å². The molecule has 0 radical (unpaired) electrons. The number of hydrogen-bond donors (Lipinski definition) is 2. The third kappa shape index (κ3) is 3.23. The molecule has 0 saturated carbocycles. The van der Waals surface area contributed by atoms with Crippen LogP contribution in [0.2, 0.25) is 0 Å². The van der Waals surface area contributed by atoms with E-state index in [1.165, 1.54) is 22.5 Å². The maximum absolute atomic E-state index is 13.4. The Hall–Kier alpha value is -2.89. The van der Waals surface area contributed by atoms with Crippen molar-refractivity contribution in [3.63, 3.8) is 0 Å². The number of carbonyl (C=O) groups excluding carboxylic acids is 1. The number of nitrogens with zero attached hydrogens (tertiary/aromatic N) is 3. The molecule has 1 atom stereocenters. The first-order chi connectivity index (χ1) is 13.2. The van der Waals surface area contributed by atoms with Gasteiger partial charge >= 0.3 is 6.18 Å². The minimum absolute atomic E-state index is 0.149. The first-order valence-corrected chi connectivity index (χ1v) is 8.97. The fraction of sp³-hybridized carbons (Fsp3) is 0.250. The fourth-order valence-electron chi connectivity index (χ4n) is 2.95. The van der Waals surface area contributed by atoms with Crippen molar-refractivity contribution in [3.8, 4) is 0 Å². The van der Waals surface area contributed by atoms with Gasteiger partial charge in [-0.1, -0.05) is 11.8 Å². The van der Waals surface area contributed by atoms with Gasteiger partial charge in [-0.15, -0.1) is 0 Å². The van der Waals surface area contributed by atoms with Crippen molar-refractivity contribution in [1.82, 2.24) is 19.7 Å². The van der Waals surface area contributed by atoms with Crippen molar-refractivity contribution in [1.29, 1.82) is 0 Å². The van der Waals surface area contributed by atoms with E-state index in [1.54, 1.807) is 0 Å². The monoisotopic (exact) mass is 413 g/mol. The van der Waals surface area contributed by atoms with E-state index in [0.29, 0.717) is 28.7 Å². The normalized spacial score (nSPS) is 16.4. The first kappa shape index (κ1) is 18.5. The van der Waals surface area contributed by atoms with Gasteiger partial charge in [0.2, 0.25) is 5.91 Å². The third-order valence-corrected chi connectivity index (χ3v) is 5.33. The van der Waals surface area contributed by atoms with E-state index in [0.717, 1.165) is 6.07 Å². The van der Waals surface area contributed by atoms with E-state index >= 15 is 0 Å². The Balaban J connectivity index is 1.54. The van der Waals surface area contributed by atoms with Gasteiger partial charge in [0.05, 0.1) is 17.8 Å². The van der Waals surface area contributed by atoms with Crippen molar-refractivity contribution >= 4 is 34.4 Å². The summed E-state index contributed by atoms with van der Waals surface area (Å²) in [5, 5.41) is 9.41. The zero-order valence-corrected chi connectivity index (χ0v) is 14.7. The van der Waals surface area contributed by atoms with E-state index in [-0.39, 0.29) is 23.1 Å². The van der Waals surface area contributed by atoms with Crippen LogP contribution in [0.25, 0.3) is 11.0 Å². The maximum Gasteiger partial charge on any atom is 0.419 e. The molecule has 3 heterocycles. The maximum atomic E-state index is 13.4. The molecule has 1 aliphatic heterocycles. The number of alkyl halides is 3. The van der Waals surface area contributed by atoms with E-state index < -0.39 is 29.5 Å². The van der Waals surface area contributed by atoms with Gasteiger partial charge < -0.3 is 5.32 Å². The Labute approximate surface area is 158 Å². The zero-order chi connectivity index (χ0) is 20.1. The molecule has 3 aromatic rings. The summed E-state index contributed by atoms with van der Waals surface area (Å²) < 4.78 is 53.1. The summed E-state index contributed by atoms with van der Waals surface area (Å²) in [6.45, 7) is 0. The lowest BCUT2D eigenvalue weighted by Crippen LogP contribution is -2.27. The molecule has 28 heavy (non-hydrogen) atoms. The summed E-state index contributed by atoms with van der Waals surface area (Å²) in [7, 11) is 0. The molecule has 0 saturated heterocycles. The molecule has 4 rings (SSSR count). The molecule has 12 heteroatoms. The molecule has 2 aromatic heterocycles. The van der Waals surface area contributed by atoms with E-state index in [1.807, 2.05) is 0 Å². The number of anilines is 1. The van der Waals surface area contributed by atoms with Crippen molar-refractivity contribution in [2.45, 2.75) is 23.8 Å². The van der Waals surface area contributed by atoms with Gasteiger partial charge in [0.25, 0.3) is 5.56 Å². The molecule has 0 spiro atoms. The molecular formula is C16H11F4N5O2S. The molecule has 0 bridgehead atoms. The van der Waals surface area contributed by atoms with Crippen LogP contribution >= 0.6 is 11.8 Å². The largest absolute Gasteiger partial charge is 0.419 e. The van der Waals surface area contributed by atoms with Crippen LogP contribution in [-0.2, 0) is 11.0 Å². The summed E-state index contributed by atoms with van der Waals surface area (Å²) in [4.78, 5) is 29.2. The van der Waals surface area contributed by atoms with Crippen molar-refractivity contribution in [3.05, 3.63) is 46.1 Å². The quantitative estimate of drug-likeness (QED) is 0.509. The van der Waals surface area contributed by atoms with Gasteiger partial charge in [-0.2, -0.15) is 18.3 Å². The number of fused-ring (bicyclic) bond motifs is 2. The second kappa shape index (κ2) is 6.62. The number of nitrogens with one attached hydrogen (secondary N) is 2. The fourth-order valence-corrected chi connectivity index (χ4v) is 4.09. The number of amides is 1. The number of benzene rings is 1. The van der Waals surface area contributed by atoms with Crippen LogP contribution in [-0.4, -0.2) is 31.4 Å². The summed E-state index contributed by atoms with van der Waals surface area (Å²) in [5.74, 6) is -1.61. The average Bonchev–Trinajstić information content (AvgIpc) is 3.23. The highest BCUT2D eigenvalue weighted by Crippen LogP contribution is 2.34. The lowest BCUT2D eigenvalue weighted by Gasteiger charge is -2.14. The van der Waals surface area contributed by atoms with Crippen LogP contribution in [0.1, 0.15) is 18.0 Å². The lowest BCUT2D eigenvalue weighted by molar-refractivity contribution is -0.140. The van der Waals surface area contributed by atoms with Crippen molar-refractivity contribution < 1.29 is 22.4 Å². The summed E-state index contributed by atoms with van der Waals surface area (Å²) in [6.07, 6.45) is -3.68. The predicted octanol–water partition coefficient (Wildman–Crippen LogP) is 2.95. The highest BCUT2D eigenvalue weighted by atomic mass is 32.2.